The van der Waals surface area contributed by atoms with Crippen molar-refractivity contribution in [1.29, 1.82) is 0 Å². The number of nitrogens with one attached hydrogen (secondary N) is 1. The van der Waals surface area contributed by atoms with Crippen LogP contribution in [0.25, 0.3) is 0 Å². The number of hydrogen-bond donors (Lipinski definition) is 1. The number of carbonyl (C=O) groups excluding carboxylic acids is 2. The molecule has 3 rings (SSSR count). The van der Waals surface area contributed by atoms with Crippen LogP contribution in [-0.2, 0) is 29.0 Å². The molecule has 0 aliphatic heterocycles. The Kier molecular flexibility index (Phi) is 9.55. The van der Waals surface area contributed by atoms with Crippen molar-refractivity contribution >= 4 is 35.0 Å². The fourth-order valence-corrected chi connectivity index (χ4v) is 4.14. The summed E-state index contributed by atoms with van der Waals surface area (Å²) in [6, 6.07) is 22.3. The van der Waals surface area contributed by atoms with E-state index < -0.39 is 6.04 Å². The number of amides is 2. The number of benzene rings is 3. The van der Waals surface area contributed by atoms with Crippen LogP contribution in [0.3, 0.4) is 0 Å². The molecule has 0 radical (unpaired) electrons. The maximum Gasteiger partial charge on any atom is 0.243 e. The van der Waals surface area contributed by atoms with Crippen LogP contribution in [0.2, 0.25) is 10.0 Å². The minimum atomic E-state index is -0.649. The van der Waals surface area contributed by atoms with Crippen LogP contribution in [0.15, 0.2) is 72.8 Å². The van der Waals surface area contributed by atoms with Gasteiger partial charge in [0.25, 0.3) is 0 Å². The standard InChI is InChI=1S/C28H30Cl2N2O2/c1-3-15-31-28(34)26(17-21-10-5-4-6-11-21)32(19-23-12-8-7-9-20(23)2)27(33)18-22-13-14-24(29)25(30)16-22/h4-14,16,26H,3,15,17-19H2,1-2H3,(H,31,34)/t26-/m1/s1. The van der Waals surface area contributed by atoms with Gasteiger partial charge in [-0.15, -0.1) is 0 Å². The van der Waals surface area contributed by atoms with Gasteiger partial charge in [-0.1, -0.05) is 90.8 Å². The summed E-state index contributed by atoms with van der Waals surface area (Å²) in [5, 5.41) is 3.84. The zero-order valence-electron chi connectivity index (χ0n) is 19.6. The highest BCUT2D eigenvalue weighted by Crippen LogP contribution is 2.24. The van der Waals surface area contributed by atoms with Gasteiger partial charge in [0.15, 0.2) is 0 Å². The summed E-state index contributed by atoms with van der Waals surface area (Å²) < 4.78 is 0. The molecule has 1 N–H and O–H groups in total. The van der Waals surface area contributed by atoms with Crippen LogP contribution in [-0.4, -0.2) is 29.3 Å². The number of aryl methyl sites for hydroxylation is 1. The molecule has 1 atom stereocenters. The third-order valence-electron chi connectivity index (χ3n) is 5.76. The largest absolute Gasteiger partial charge is 0.354 e. The van der Waals surface area contributed by atoms with Gasteiger partial charge in [-0.25, -0.2) is 0 Å². The molecule has 34 heavy (non-hydrogen) atoms. The predicted octanol–water partition coefficient (Wildman–Crippen LogP) is 6.01. The Morgan fingerprint density at radius 1 is 0.912 bits per heavy atom. The SMILES string of the molecule is CCCNC(=O)[C@@H](Cc1ccccc1)N(Cc1ccccc1C)C(=O)Cc1ccc(Cl)c(Cl)c1. The van der Waals surface area contributed by atoms with E-state index in [9.17, 15) is 9.59 Å². The molecule has 0 saturated heterocycles. The van der Waals surface area contributed by atoms with Gasteiger partial charge in [-0.05, 0) is 47.7 Å². The number of rotatable bonds is 10. The summed E-state index contributed by atoms with van der Waals surface area (Å²) in [4.78, 5) is 28.7. The minimum Gasteiger partial charge on any atom is -0.354 e. The van der Waals surface area contributed by atoms with Gasteiger partial charge in [-0.3, -0.25) is 9.59 Å². The van der Waals surface area contributed by atoms with Crippen LogP contribution in [0, 0.1) is 6.92 Å². The third-order valence-corrected chi connectivity index (χ3v) is 6.50. The molecule has 4 nitrogen and oxygen atoms in total. The van der Waals surface area contributed by atoms with E-state index in [1.54, 1.807) is 23.1 Å². The Bertz CT molecular complexity index is 1120. The number of halogens is 2. The van der Waals surface area contributed by atoms with Gasteiger partial charge in [0.2, 0.25) is 11.8 Å². The van der Waals surface area contributed by atoms with Gasteiger partial charge in [-0.2, -0.15) is 0 Å². The first kappa shape index (κ1) is 25.8. The Morgan fingerprint density at radius 3 is 2.29 bits per heavy atom. The van der Waals surface area contributed by atoms with Gasteiger partial charge >= 0.3 is 0 Å². The van der Waals surface area contributed by atoms with Crippen molar-refractivity contribution in [3.05, 3.63) is 105 Å². The van der Waals surface area contributed by atoms with E-state index in [1.807, 2.05) is 68.4 Å². The summed E-state index contributed by atoms with van der Waals surface area (Å²) in [6.45, 7) is 4.92. The van der Waals surface area contributed by atoms with Gasteiger partial charge in [0.1, 0.15) is 6.04 Å². The highest BCUT2D eigenvalue weighted by atomic mass is 35.5. The van der Waals surface area contributed by atoms with Crippen molar-refractivity contribution < 1.29 is 9.59 Å². The number of hydrogen-bond acceptors (Lipinski definition) is 2. The van der Waals surface area contributed by atoms with Crippen molar-refractivity contribution in [2.24, 2.45) is 0 Å². The summed E-state index contributed by atoms with van der Waals surface area (Å²) in [6.07, 6.45) is 1.36. The van der Waals surface area contributed by atoms with E-state index in [0.717, 1.165) is 28.7 Å². The molecule has 6 heteroatoms. The second kappa shape index (κ2) is 12.6. The average Bonchev–Trinajstić information content (AvgIpc) is 2.83. The lowest BCUT2D eigenvalue weighted by Gasteiger charge is -2.32. The summed E-state index contributed by atoms with van der Waals surface area (Å²) in [5.74, 6) is -0.295. The zero-order valence-corrected chi connectivity index (χ0v) is 21.1. The van der Waals surface area contributed by atoms with Crippen molar-refractivity contribution in [3.8, 4) is 0 Å². The normalized spacial score (nSPS) is 11.6. The molecule has 3 aromatic carbocycles. The average molecular weight is 497 g/mol. The Labute approximate surface area is 211 Å². The number of nitrogens with zero attached hydrogens (tertiary/aromatic N) is 1. The Morgan fingerprint density at radius 2 is 1.62 bits per heavy atom. The molecule has 178 valence electrons. The van der Waals surface area contributed by atoms with Crippen molar-refractivity contribution in [2.45, 2.75) is 45.7 Å². The molecule has 0 fully saturated rings. The van der Waals surface area contributed by atoms with Gasteiger partial charge in [0, 0.05) is 19.5 Å². The second-order valence-corrected chi connectivity index (χ2v) is 9.18. The maximum atomic E-state index is 13.7. The molecule has 0 unspecified atom stereocenters. The lowest BCUT2D eigenvalue weighted by atomic mass is 10.0. The predicted molar refractivity (Wildman–Crippen MR) is 139 cm³/mol. The highest BCUT2D eigenvalue weighted by Gasteiger charge is 2.30. The van der Waals surface area contributed by atoms with E-state index in [2.05, 4.69) is 5.32 Å². The summed E-state index contributed by atoms with van der Waals surface area (Å²) in [5.41, 5.74) is 3.83. The van der Waals surface area contributed by atoms with E-state index in [0.29, 0.717) is 29.6 Å². The molecule has 0 aliphatic carbocycles. The first-order valence-electron chi connectivity index (χ1n) is 11.5. The third kappa shape index (κ3) is 7.09. The molecule has 0 saturated carbocycles. The minimum absolute atomic E-state index is 0.120. The Hall–Kier alpha value is -2.82. The van der Waals surface area contributed by atoms with E-state index >= 15 is 0 Å². The van der Waals surface area contributed by atoms with Gasteiger partial charge in [0.05, 0.1) is 16.5 Å². The second-order valence-electron chi connectivity index (χ2n) is 8.37. The van der Waals surface area contributed by atoms with Crippen LogP contribution < -0.4 is 5.32 Å². The van der Waals surface area contributed by atoms with Crippen molar-refractivity contribution in [1.82, 2.24) is 10.2 Å². The quantitative estimate of drug-likeness (QED) is 0.373. The molecule has 2 amide bonds. The first-order chi connectivity index (χ1) is 16.4. The summed E-state index contributed by atoms with van der Waals surface area (Å²) in [7, 11) is 0. The zero-order chi connectivity index (χ0) is 24.5. The fraction of sp³-hybridized carbons (Fsp3) is 0.286. The Balaban J connectivity index is 1.97. The highest BCUT2D eigenvalue weighted by molar-refractivity contribution is 6.42. The molecule has 0 aromatic heterocycles. The number of carbonyl (C=O) groups is 2. The monoisotopic (exact) mass is 496 g/mol. The van der Waals surface area contributed by atoms with E-state index in [4.69, 9.17) is 23.2 Å². The lowest BCUT2D eigenvalue weighted by Crippen LogP contribution is -2.51. The summed E-state index contributed by atoms with van der Waals surface area (Å²) >= 11 is 12.2. The van der Waals surface area contributed by atoms with Crippen molar-refractivity contribution in [2.75, 3.05) is 6.54 Å². The van der Waals surface area contributed by atoms with E-state index in [-0.39, 0.29) is 18.2 Å². The molecule has 0 spiro atoms. The molecular formula is C28H30Cl2N2O2. The van der Waals surface area contributed by atoms with Gasteiger partial charge < -0.3 is 10.2 Å². The molecule has 0 bridgehead atoms. The fourth-order valence-electron chi connectivity index (χ4n) is 3.82. The first-order valence-corrected chi connectivity index (χ1v) is 12.2. The van der Waals surface area contributed by atoms with Crippen LogP contribution in [0.5, 0.6) is 0 Å². The topological polar surface area (TPSA) is 49.4 Å². The van der Waals surface area contributed by atoms with E-state index in [1.165, 1.54) is 0 Å². The lowest BCUT2D eigenvalue weighted by molar-refractivity contribution is -0.140. The van der Waals surface area contributed by atoms with Crippen LogP contribution >= 0.6 is 23.2 Å². The van der Waals surface area contributed by atoms with Crippen LogP contribution in [0.1, 0.15) is 35.6 Å². The van der Waals surface area contributed by atoms with Crippen LogP contribution in [0.4, 0.5) is 0 Å². The smallest absolute Gasteiger partial charge is 0.243 e. The molecule has 0 heterocycles. The molecular weight excluding hydrogens is 467 g/mol. The molecule has 3 aromatic rings. The maximum absolute atomic E-state index is 13.7. The molecule has 0 aliphatic rings. The van der Waals surface area contributed by atoms with Crippen molar-refractivity contribution in [3.63, 3.8) is 0 Å².